The molecule has 0 aromatic heterocycles. The first-order valence-corrected chi connectivity index (χ1v) is 39.0. The van der Waals surface area contributed by atoms with E-state index in [1.54, 1.807) is 9.80 Å². The molecule has 105 heavy (non-hydrogen) atoms. The Hall–Kier alpha value is -2.44. The second-order valence-electron chi connectivity index (χ2n) is 21.6. The molecular formula is C66H122N6O29S4. The van der Waals surface area contributed by atoms with Gasteiger partial charge in [-0.3, -0.25) is 24.2 Å². The molecule has 0 aromatic rings. The van der Waals surface area contributed by atoms with Crippen LogP contribution in [0.15, 0.2) is 5.11 Å². The highest BCUT2D eigenvalue weighted by molar-refractivity contribution is 8.23. The number of azide groups is 1. The number of carbonyl (C=O) groups excluding carboxylic acids is 3. The van der Waals surface area contributed by atoms with Gasteiger partial charge < -0.3 is 128 Å². The second kappa shape index (κ2) is 81.1. The molecule has 0 aromatic carbocycles. The van der Waals surface area contributed by atoms with Gasteiger partial charge in [0, 0.05) is 42.5 Å². The van der Waals surface area contributed by atoms with Gasteiger partial charge in [-0.2, -0.15) is 0 Å². The SMILES string of the molecule is [N-]=[N+]=NCCOCCOCCOCCOCCOCCOCCOCCOCCOCCOCCOCCOCCOCCOCCOCCOCCOCCOCCOCCOCCOCCOCCOCCOCCC(=O)NC(COCCC(=O)N1CCSC1=S)COCCC(=O)N1CCSC1=S. The molecule has 1 N–H and O–H groups in total. The van der Waals surface area contributed by atoms with Gasteiger partial charge in [0.2, 0.25) is 17.7 Å². The van der Waals surface area contributed by atoms with Gasteiger partial charge in [-0.25, -0.2) is 0 Å². The first kappa shape index (κ1) is 98.6. The number of nitrogens with one attached hydrogen (secondary N) is 1. The third-order valence-electron chi connectivity index (χ3n) is 13.5. The van der Waals surface area contributed by atoms with Crippen molar-refractivity contribution in [3.05, 3.63) is 10.4 Å². The molecule has 0 atom stereocenters. The van der Waals surface area contributed by atoms with Crippen molar-refractivity contribution in [1.82, 2.24) is 15.1 Å². The second-order valence-corrected chi connectivity index (χ2v) is 25.1. The first-order chi connectivity index (χ1) is 51.9. The lowest BCUT2D eigenvalue weighted by molar-refractivity contribution is -0.129. The number of carbonyl (C=O) groups is 3. The minimum atomic E-state index is -0.496. The van der Waals surface area contributed by atoms with Crippen LogP contribution in [0.2, 0.25) is 0 Å². The number of thioether (sulfide) groups is 2. The van der Waals surface area contributed by atoms with Crippen molar-refractivity contribution in [3.63, 3.8) is 0 Å². The maximum Gasteiger partial charge on any atom is 0.230 e. The Morgan fingerprint density at radius 3 is 0.695 bits per heavy atom. The normalized spacial score (nSPS) is 13.2. The largest absolute Gasteiger partial charge is 0.379 e. The van der Waals surface area contributed by atoms with Crippen molar-refractivity contribution >= 4 is 74.3 Å². The number of thiocarbonyl (C=S) groups is 2. The zero-order valence-corrected chi connectivity index (χ0v) is 65.0. The molecule has 39 heteroatoms. The summed E-state index contributed by atoms with van der Waals surface area (Å²) in [5, 5.41) is 6.29. The van der Waals surface area contributed by atoms with Crippen LogP contribution in [0, 0.1) is 0 Å². The van der Waals surface area contributed by atoms with Crippen LogP contribution in [-0.2, 0) is 138 Å². The predicted molar refractivity (Wildman–Crippen MR) is 395 cm³/mol. The molecule has 614 valence electrons. The van der Waals surface area contributed by atoms with E-state index in [0.29, 0.717) is 339 Å². The van der Waals surface area contributed by atoms with E-state index in [2.05, 4.69) is 15.3 Å². The Morgan fingerprint density at radius 1 is 0.314 bits per heavy atom. The number of hydrogen-bond acceptors (Lipinski definition) is 34. The fourth-order valence-corrected chi connectivity index (χ4v) is 10.7. The lowest BCUT2D eigenvalue weighted by Crippen LogP contribution is -2.42. The average Bonchev–Trinajstić information content (AvgIpc) is 1.79. The summed E-state index contributed by atoms with van der Waals surface area (Å²) in [5.41, 5.74) is 8.18. The van der Waals surface area contributed by atoms with Gasteiger partial charge in [-0.05, 0) is 5.53 Å². The zero-order chi connectivity index (χ0) is 75.0. The maximum atomic E-state index is 12.8. The van der Waals surface area contributed by atoms with E-state index in [-0.39, 0.29) is 70.0 Å². The summed E-state index contributed by atoms with van der Waals surface area (Å²) in [6, 6.07) is -0.496. The van der Waals surface area contributed by atoms with Gasteiger partial charge in [-0.1, -0.05) is 53.1 Å². The predicted octanol–water partition coefficient (Wildman–Crippen LogP) is 2.10. The van der Waals surface area contributed by atoms with E-state index < -0.39 is 6.04 Å². The van der Waals surface area contributed by atoms with E-state index >= 15 is 0 Å². The van der Waals surface area contributed by atoms with E-state index in [1.165, 1.54) is 23.5 Å². The molecule has 35 nitrogen and oxygen atoms in total. The van der Waals surface area contributed by atoms with Crippen molar-refractivity contribution in [1.29, 1.82) is 0 Å². The number of hydrogen-bond donors (Lipinski definition) is 1. The molecular weight excluding hydrogens is 1470 g/mol. The average molecular weight is 1590 g/mol. The maximum absolute atomic E-state index is 12.8. The van der Waals surface area contributed by atoms with Gasteiger partial charge in [0.25, 0.3) is 0 Å². The lowest BCUT2D eigenvalue weighted by atomic mass is 10.3. The fraction of sp³-hybridized carbons (Fsp3) is 0.924. The number of rotatable bonds is 86. The van der Waals surface area contributed by atoms with Crippen molar-refractivity contribution in [3.8, 4) is 0 Å². The summed E-state index contributed by atoms with van der Waals surface area (Å²) in [4.78, 5) is 43.6. The molecule has 2 saturated heterocycles. The van der Waals surface area contributed by atoms with E-state index in [4.69, 9.17) is 153 Å². The topological polar surface area (TPSA) is 358 Å². The van der Waals surface area contributed by atoms with Crippen LogP contribution in [0.3, 0.4) is 0 Å². The first-order valence-electron chi connectivity index (χ1n) is 36.2. The minimum Gasteiger partial charge on any atom is -0.379 e. The van der Waals surface area contributed by atoms with Crippen LogP contribution in [0.1, 0.15) is 19.3 Å². The summed E-state index contributed by atoms with van der Waals surface area (Å²) in [5.74, 6) is 1.14. The Labute approximate surface area is 639 Å². The van der Waals surface area contributed by atoms with Crippen molar-refractivity contribution in [2.75, 3.05) is 375 Å². The summed E-state index contributed by atoms with van der Waals surface area (Å²) in [6.07, 6.45) is 0.456. The summed E-state index contributed by atoms with van der Waals surface area (Å²) >= 11 is 13.4. The Morgan fingerprint density at radius 2 is 0.505 bits per heavy atom. The van der Waals surface area contributed by atoms with Crippen LogP contribution in [-0.4, -0.2) is 417 Å². The molecule has 0 radical (unpaired) electrons. The smallest absolute Gasteiger partial charge is 0.230 e. The number of amides is 3. The molecule has 3 amide bonds. The van der Waals surface area contributed by atoms with Crippen molar-refractivity contribution in [2.24, 2.45) is 5.11 Å². The number of ether oxygens (including phenoxy) is 26. The Kier molecular flexibility index (Phi) is 76.1. The quantitative estimate of drug-likeness (QED) is 0.0299. The van der Waals surface area contributed by atoms with Crippen molar-refractivity contribution in [2.45, 2.75) is 25.3 Å². The molecule has 0 saturated carbocycles. The standard InChI is InChI=1S/C66H122N6O29S4/c67-70-68-4-10-77-12-14-79-16-18-81-20-22-83-24-26-85-28-30-87-32-34-89-36-38-91-40-42-93-44-46-95-48-50-97-52-54-99-56-55-98-53-51-96-49-47-94-45-43-92-41-39-90-37-35-88-33-31-86-29-27-84-25-23-82-21-19-80-17-15-78-13-11-76-7-1-62(73)69-61(59-100-8-2-63(74)71-5-57-104-65(71)102)60-101-9-3-64(75)72-6-58-105-66(72)103/h61H,1-60H2,(H,69,73). The Balaban J connectivity index is 1.16. The third kappa shape index (κ3) is 69.3. The van der Waals surface area contributed by atoms with Gasteiger partial charge in [0.15, 0.2) is 0 Å². The molecule has 2 heterocycles. The summed E-state index contributed by atoms with van der Waals surface area (Å²) < 4.78 is 145. The van der Waals surface area contributed by atoms with E-state index in [9.17, 15) is 14.4 Å². The molecule has 2 rings (SSSR count). The lowest BCUT2D eigenvalue weighted by Gasteiger charge is -2.20. The summed E-state index contributed by atoms with van der Waals surface area (Å²) in [6.45, 7) is 23.7. The van der Waals surface area contributed by atoms with Crippen molar-refractivity contribution < 1.29 is 138 Å². The fourth-order valence-electron chi connectivity index (χ4n) is 8.19. The zero-order valence-electron chi connectivity index (χ0n) is 61.7. The van der Waals surface area contributed by atoms with E-state index in [0.717, 1.165) is 11.5 Å². The highest BCUT2D eigenvalue weighted by Gasteiger charge is 2.25. The molecule has 2 fully saturated rings. The van der Waals surface area contributed by atoms with Gasteiger partial charge in [0.1, 0.15) is 8.64 Å². The summed E-state index contributed by atoms with van der Waals surface area (Å²) in [7, 11) is 0. The highest BCUT2D eigenvalue weighted by Crippen LogP contribution is 2.19. The van der Waals surface area contributed by atoms with Crippen LogP contribution < -0.4 is 5.32 Å². The van der Waals surface area contributed by atoms with Gasteiger partial charge in [-0.15, -0.1) is 0 Å². The Bertz CT molecular complexity index is 1990. The number of nitrogens with zero attached hydrogens (tertiary/aromatic N) is 5. The molecule has 0 spiro atoms. The van der Waals surface area contributed by atoms with E-state index in [1.807, 2.05) is 0 Å². The molecule has 0 aliphatic carbocycles. The monoisotopic (exact) mass is 1590 g/mol. The minimum absolute atomic E-state index is 0.0927. The van der Waals surface area contributed by atoms with Crippen LogP contribution in [0.4, 0.5) is 0 Å². The van der Waals surface area contributed by atoms with Crippen LogP contribution in [0.25, 0.3) is 10.4 Å². The molecule has 2 aliphatic rings. The van der Waals surface area contributed by atoms with Crippen LogP contribution >= 0.6 is 48.0 Å². The van der Waals surface area contributed by atoms with Gasteiger partial charge in [0.05, 0.1) is 362 Å². The van der Waals surface area contributed by atoms with Crippen LogP contribution in [0.5, 0.6) is 0 Å². The highest BCUT2D eigenvalue weighted by atomic mass is 32.2. The molecule has 0 bridgehead atoms. The van der Waals surface area contributed by atoms with Gasteiger partial charge >= 0.3 is 0 Å². The molecule has 0 unspecified atom stereocenters. The molecule has 2 aliphatic heterocycles. The third-order valence-corrected chi connectivity index (χ3v) is 16.3.